The molecule has 2 atom stereocenters. The van der Waals surface area contributed by atoms with Crippen molar-refractivity contribution >= 4 is 5.91 Å². The van der Waals surface area contributed by atoms with Crippen LogP contribution < -0.4 is 0 Å². The summed E-state index contributed by atoms with van der Waals surface area (Å²) in [6, 6.07) is 11.4. The van der Waals surface area contributed by atoms with E-state index < -0.39 is 36.2 Å². The molecule has 34 heavy (non-hydrogen) atoms. The second kappa shape index (κ2) is 8.67. The van der Waals surface area contributed by atoms with Gasteiger partial charge in [0.2, 0.25) is 5.89 Å². The zero-order valence-corrected chi connectivity index (χ0v) is 17.3. The van der Waals surface area contributed by atoms with Crippen LogP contribution >= 0.6 is 0 Å². The summed E-state index contributed by atoms with van der Waals surface area (Å²) < 4.78 is 44.0. The van der Waals surface area contributed by atoms with Gasteiger partial charge in [0.05, 0.1) is 17.6 Å². The summed E-state index contributed by atoms with van der Waals surface area (Å²) in [5, 5.41) is 18.1. The summed E-state index contributed by atoms with van der Waals surface area (Å²) >= 11 is 0. The Morgan fingerprint density at radius 1 is 1.03 bits per heavy atom. The number of aliphatic hydroxyl groups excluding tert-OH is 1. The molecule has 11 heteroatoms. The number of amides is 1. The molecule has 0 fully saturated rings. The van der Waals surface area contributed by atoms with E-state index in [4.69, 9.17) is 4.42 Å². The highest BCUT2D eigenvalue weighted by Gasteiger charge is 2.39. The molecule has 4 aromatic rings. The van der Waals surface area contributed by atoms with E-state index >= 15 is 0 Å². The zero-order chi connectivity index (χ0) is 23.8. The van der Waals surface area contributed by atoms with Gasteiger partial charge in [-0.2, -0.15) is 8.78 Å². The molecule has 0 saturated carbocycles. The minimum absolute atomic E-state index is 0.138. The number of carbonyl (C=O) groups is 1. The van der Waals surface area contributed by atoms with Crippen molar-refractivity contribution in [3.63, 3.8) is 0 Å². The second-order valence-corrected chi connectivity index (χ2v) is 7.60. The third-order valence-electron chi connectivity index (χ3n) is 5.50. The Morgan fingerprint density at radius 2 is 1.88 bits per heavy atom. The predicted molar refractivity (Wildman–Crippen MR) is 111 cm³/mol. The lowest BCUT2D eigenvalue weighted by molar-refractivity contribution is 0.0331. The number of hydrogen-bond donors (Lipinski definition) is 1. The second-order valence-electron chi connectivity index (χ2n) is 7.60. The number of aromatic nitrogens is 4. The fourth-order valence-corrected chi connectivity index (χ4v) is 3.89. The van der Waals surface area contributed by atoms with Crippen LogP contribution in [0.5, 0.6) is 0 Å². The SMILES string of the molecule is O=C1c2cc(-c3nnc(C(F)F)o3)ccc2CN1[C@H](c1ccccn1)C(O)c1ccc(F)cn1. The minimum Gasteiger partial charge on any atom is -0.415 e. The van der Waals surface area contributed by atoms with Gasteiger partial charge in [0.15, 0.2) is 0 Å². The van der Waals surface area contributed by atoms with E-state index in [-0.39, 0.29) is 18.1 Å². The number of halogens is 3. The third kappa shape index (κ3) is 3.90. The topological polar surface area (TPSA) is 105 Å². The molecule has 4 heterocycles. The van der Waals surface area contributed by atoms with Gasteiger partial charge in [-0.25, -0.2) is 4.39 Å². The first-order valence-corrected chi connectivity index (χ1v) is 10.2. The molecule has 1 aliphatic heterocycles. The highest BCUT2D eigenvalue weighted by Crippen LogP contribution is 2.39. The lowest BCUT2D eigenvalue weighted by Gasteiger charge is -2.31. The average Bonchev–Trinajstić information content (AvgIpc) is 3.46. The van der Waals surface area contributed by atoms with Crippen LogP contribution in [0.15, 0.2) is 65.3 Å². The number of fused-ring (bicyclic) bond motifs is 1. The number of benzene rings is 1. The van der Waals surface area contributed by atoms with Crippen LogP contribution in [0.4, 0.5) is 13.2 Å². The van der Waals surface area contributed by atoms with Gasteiger partial charge >= 0.3 is 6.43 Å². The molecule has 8 nitrogen and oxygen atoms in total. The predicted octanol–water partition coefficient (Wildman–Crippen LogP) is 4.03. The molecule has 0 saturated heterocycles. The Kier molecular flexibility index (Phi) is 5.54. The number of carbonyl (C=O) groups excluding carboxylic acids is 1. The Balaban J connectivity index is 1.50. The molecule has 5 rings (SSSR count). The number of aliphatic hydroxyl groups is 1. The van der Waals surface area contributed by atoms with Crippen LogP contribution in [-0.2, 0) is 6.54 Å². The van der Waals surface area contributed by atoms with Crippen LogP contribution in [-0.4, -0.2) is 36.1 Å². The van der Waals surface area contributed by atoms with Crippen molar-refractivity contribution in [1.29, 1.82) is 0 Å². The van der Waals surface area contributed by atoms with E-state index in [1.807, 2.05) is 0 Å². The quantitative estimate of drug-likeness (QED) is 0.456. The highest BCUT2D eigenvalue weighted by molar-refractivity contribution is 5.99. The van der Waals surface area contributed by atoms with Crippen molar-refractivity contribution in [2.24, 2.45) is 0 Å². The number of nitrogens with zero attached hydrogens (tertiary/aromatic N) is 5. The molecule has 0 radical (unpaired) electrons. The maximum Gasteiger partial charge on any atom is 0.314 e. The molecule has 1 unspecified atom stereocenters. The van der Waals surface area contributed by atoms with Crippen molar-refractivity contribution in [2.45, 2.75) is 25.1 Å². The minimum atomic E-state index is -2.91. The lowest BCUT2D eigenvalue weighted by atomic mass is 10.0. The summed E-state index contributed by atoms with van der Waals surface area (Å²) in [7, 11) is 0. The van der Waals surface area contributed by atoms with Crippen molar-refractivity contribution < 1.29 is 27.5 Å². The molecule has 0 aliphatic carbocycles. The van der Waals surface area contributed by atoms with Gasteiger partial charge in [-0.15, -0.1) is 10.2 Å². The molecule has 1 N–H and O–H groups in total. The Morgan fingerprint density at radius 3 is 2.56 bits per heavy atom. The van der Waals surface area contributed by atoms with E-state index in [0.717, 1.165) is 6.20 Å². The molecule has 1 aromatic carbocycles. The molecular weight excluding hydrogens is 451 g/mol. The first-order chi connectivity index (χ1) is 16.4. The molecule has 1 amide bonds. The Hall–Kier alpha value is -4.12. The fourth-order valence-electron chi connectivity index (χ4n) is 3.89. The van der Waals surface area contributed by atoms with Gasteiger partial charge in [-0.05, 0) is 42.0 Å². The molecule has 172 valence electrons. The highest BCUT2D eigenvalue weighted by atomic mass is 19.3. The maximum atomic E-state index is 13.4. The average molecular weight is 467 g/mol. The molecule has 0 bridgehead atoms. The van der Waals surface area contributed by atoms with Gasteiger partial charge < -0.3 is 14.4 Å². The summed E-state index contributed by atoms with van der Waals surface area (Å²) in [5.74, 6) is -1.92. The smallest absolute Gasteiger partial charge is 0.314 e. The maximum absolute atomic E-state index is 13.4. The fraction of sp³-hybridized carbons (Fsp3) is 0.174. The van der Waals surface area contributed by atoms with Gasteiger partial charge in [-0.1, -0.05) is 12.1 Å². The van der Waals surface area contributed by atoms with Crippen LogP contribution in [0.1, 0.15) is 51.8 Å². The van der Waals surface area contributed by atoms with Crippen LogP contribution in [0.25, 0.3) is 11.5 Å². The van der Waals surface area contributed by atoms with Gasteiger partial charge in [-0.3, -0.25) is 14.8 Å². The van der Waals surface area contributed by atoms with Crippen molar-refractivity contribution in [3.8, 4) is 11.5 Å². The normalized spacial score (nSPS) is 15.0. The van der Waals surface area contributed by atoms with Crippen molar-refractivity contribution in [3.05, 3.63) is 95.1 Å². The van der Waals surface area contributed by atoms with E-state index in [1.165, 1.54) is 29.3 Å². The zero-order valence-electron chi connectivity index (χ0n) is 17.3. The summed E-state index contributed by atoms with van der Waals surface area (Å²) in [5.41, 5.74) is 1.85. The number of pyridine rings is 2. The monoisotopic (exact) mass is 467 g/mol. The number of hydrogen-bond acceptors (Lipinski definition) is 7. The number of alkyl halides is 2. The van der Waals surface area contributed by atoms with Gasteiger partial charge in [0.25, 0.3) is 11.8 Å². The molecule has 0 spiro atoms. The van der Waals surface area contributed by atoms with E-state index in [1.54, 1.807) is 30.3 Å². The van der Waals surface area contributed by atoms with Gasteiger partial charge in [0, 0.05) is 23.9 Å². The first-order valence-electron chi connectivity index (χ1n) is 10.2. The summed E-state index contributed by atoms with van der Waals surface area (Å²) in [6.07, 6.45) is -1.68. The van der Waals surface area contributed by atoms with E-state index in [9.17, 15) is 23.1 Å². The molecular formula is C23H16F3N5O3. The van der Waals surface area contributed by atoms with Crippen molar-refractivity contribution in [2.75, 3.05) is 0 Å². The lowest BCUT2D eigenvalue weighted by Crippen LogP contribution is -2.34. The third-order valence-corrected chi connectivity index (χ3v) is 5.50. The van der Waals surface area contributed by atoms with E-state index in [2.05, 4.69) is 20.2 Å². The Bertz CT molecular complexity index is 1330. The number of rotatable bonds is 6. The standard InChI is InChI=1S/C23H16F3N5O3/c24-14-6-7-17(28-10-14)19(32)18(16-3-1-2-8-27-16)31-11-13-5-4-12(9-15(13)23(31)33)21-29-30-22(34-21)20(25)26/h1-10,18-20,32H,11H2/t18-,19?/m1/s1. The van der Waals surface area contributed by atoms with E-state index in [0.29, 0.717) is 22.4 Å². The largest absolute Gasteiger partial charge is 0.415 e. The molecule has 3 aromatic heterocycles. The summed E-state index contributed by atoms with van der Waals surface area (Å²) in [6.45, 7) is 0.153. The summed E-state index contributed by atoms with van der Waals surface area (Å²) in [4.78, 5) is 23.1. The van der Waals surface area contributed by atoms with Gasteiger partial charge in [0.1, 0.15) is 18.0 Å². The first kappa shape index (κ1) is 21.7. The van der Waals surface area contributed by atoms with Crippen LogP contribution in [0.2, 0.25) is 0 Å². The van der Waals surface area contributed by atoms with Crippen molar-refractivity contribution in [1.82, 2.24) is 25.1 Å². The molecule has 1 aliphatic rings. The Labute approximate surface area is 190 Å². The van der Waals surface area contributed by atoms with Crippen LogP contribution in [0.3, 0.4) is 0 Å². The van der Waals surface area contributed by atoms with Crippen LogP contribution in [0, 0.1) is 5.82 Å².